The summed E-state index contributed by atoms with van der Waals surface area (Å²) in [6.45, 7) is 12.3. The van der Waals surface area contributed by atoms with Gasteiger partial charge in [-0.05, 0) is 44.9 Å². The maximum atomic E-state index is 6.89. The molecular weight excluding hydrogens is 248 g/mol. The molecule has 0 saturated carbocycles. The molecule has 1 saturated heterocycles. The zero-order valence-electron chi connectivity index (χ0n) is 11.6. The fourth-order valence-electron chi connectivity index (χ4n) is 2.56. The highest BCUT2D eigenvalue weighted by molar-refractivity contribution is 5.46. The molecule has 1 aromatic rings. The summed E-state index contributed by atoms with van der Waals surface area (Å²) in [6, 6.07) is 8.07. The van der Waals surface area contributed by atoms with Crippen molar-refractivity contribution in [1.82, 2.24) is 4.90 Å². The van der Waals surface area contributed by atoms with E-state index in [4.69, 9.17) is 11.3 Å². The van der Waals surface area contributed by atoms with Crippen LogP contribution in [-0.2, 0) is 0 Å². The molecular formula is C17H26N2O. The second-order valence-corrected chi connectivity index (χ2v) is 5.19. The minimum absolute atomic E-state index is 0. The molecule has 1 aliphatic rings. The van der Waals surface area contributed by atoms with Crippen molar-refractivity contribution in [2.75, 3.05) is 19.7 Å². The zero-order valence-corrected chi connectivity index (χ0v) is 11.6. The van der Waals surface area contributed by atoms with E-state index >= 15 is 0 Å². The molecule has 0 amide bonds. The van der Waals surface area contributed by atoms with Crippen LogP contribution in [0.25, 0.3) is 4.85 Å². The highest BCUT2D eigenvalue weighted by atomic mass is 16.5. The van der Waals surface area contributed by atoms with Crippen LogP contribution >= 0.6 is 0 Å². The van der Waals surface area contributed by atoms with Crippen LogP contribution in [0.15, 0.2) is 24.3 Å². The zero-order chi connectivity index (χ0) is 13.5. The Morgan fingerprint density at radius 3 is 2.70 bits per heavy atom. The second kappa shape index (κ2) is 8.60. The Kier molecular flexibility index (Phi) is 7.11. The summed E-state index contributed by atoms with van der Waals surface area (Å²) in [5.74, 6) is 0.860. The fourth-order valence-corrected chi connectivity index (χ4v) is 2.56. The summed E-state index contributed by atoms with van der Waals surface area (Å²) in [6.07, 6.45) is 5.11. The molecule has 0 spiro atoms. The first-order valence-electron chi connectivity index (χ1n) is 7.14. The number of rotatable bonds is 5. The van der Waals surface area contributed by atoms with Crippen molar-refractivity contribution in [1.29, 1.82) is 0 Å². The third kappa shape index (κ3) is 4.86. The second-order valence-electron chi connectivity index (χ2n) is 5.19. The SMILES string of the molecule is C.[C-]#[N+]c1ccc(OCCCN2CCCCC2C)cc1. The molecule has 0 radical (unpaired) electrons. The van der Waals surface area contributed by atoms with E-state index in [1.807, 2.05) is 12.1 Å². The molecule has 0 aromatic heterocycles. The summed E-state index contributed by atoms with van der Waals surface area (Å²) in [4.78, 5) is 5.93. The molecule has 0 aliphatic carbocycles. The average molecular weight is 274 g/mol. The number of likely N-dealkylation sites (tertiary alicyclic amines) is 1. The van der Waals surface area contributed by atoms with Crippen LogP contribution in [-0.4, -0.2) is 30.6 Å². The molecule has 110 valence electrons. The molecule has 20 heavy (non-hydrogen) atoms. The Morgan fingerprint density at radius 2 is 2.05 bits per heavy atom. The monoisotopic (exact) mass is 274 g/mol. The highest BCUT2D eigenvalue weighted by Gasteiger charge is 2.17. The van der Waals surface area contributed by atoms with Crippen LogP contribution in [0.2, 0.25) is 0 Å². The lowest BCUT2D eigenvalue weighted by Gasteiger charge is -2.33. The van der Waals surface area contributed by atoms with Gasteiger partial charge in [-0.3, -0.25) is 0 Å². The van der Waals surface area contributed by atoms with Crippen LogP contribution in [0.4, 0.5) is 5.69 Å². The van der Waals surface area contributed by atoms with Gasteiger partial charge in [0, 0.05) is 12.6 Å². The first-order chi connectivity index (χ1) is 9.29. The van der Waals surface area contributed by atoms with Gasteiger partial charge < -0.3 is 9.64 Å². The van der Waals surface area contributed by atoms with E-state index in [2.05, 4.69) is 16.7 Å². The Balaban J connectivity index is 0.00000200. The van der Waals surface area contributed by atoms with E-state index < -0.39 is 0 Å². The van der Waals surface area contributed by atoms with E-state index in [9.17, 15) is 0 Å². The van der Waals surface area contributed by atoms with Gasteiger partial charge in [0.05, 0.1) is 13.2 Å². The average Bonchev–Trinajstić information content (AvgIpc) is 2.46. The molecule has 1 fully saturated rings. The predicted octanol–water partition coefficient (Wildman–Crippen LogP) is 4.52. The van der Waals surface area contributed by atoms with Crippen molar-refractivity contribution in [3.8, 4) is 5.75 Å². The Hall–Kier alpha value is -1.53. The molecule has 0 bridgehead atoms. The number of ether oxygens (including phenoxy) is 1. The van der Waals surface area contributed by atoms with Gasteiger partial charge in [0.1, 0.15) is 5.75 Å². The van der Waals surface area contributed by atoms with Crippen molar-refractivity contribution >= 4 is 5.69 Å². The van der Waals surface area contributed by atoms with Crippen LogP contribution < -0.4 is 4.74 Å². The molecule has 3 nitrogen and oxygen atoms in total. The standard InChI is InChI=1S/C16H22N2O.CH4/c1-14-6-3-4-11-18(14)12-5-13-19-16-9-7-15(17-2)8-10-16;/h7-10,14H,3-6,11-13H2,1H3;1H4. The number of benzene rings is 1. The molecule has 1 heterocycles. The number of hydrogen-bond donors (Lipinski definition) is 0. The van der Waals surface area contributed by atoms with Crippen LogP contribution in [0.5, 0.6) is 5.75 Å². The lowest BCUT2D eigenvalue weighted by molar-refractivity contribution is 0.148. The normalized spacial score (nSPS) is 18.9. The van der Waals surface area contributed by atoms with Crippen molar-refractivity contribution in [2.45, 2.75) is 46.1 Å². The van der Waals surface area contributed by atoms with Crippen molar-refractivity contribution < 1.29 is 4.74 Å². The first-order valence-corrected chi connectivity index (χ1v) is 7.14. The number of hydrogen-bond acceptors (Lipinski definition) is 2. The Labute approximate surface area is 123 Å². The minimum Gasteiger partial charge on any atom is -0.494 e. The van der Waals surface area contributed by atoms with Gasteiger partial charge >= 0.3 is 0 Å². The van der Waals surface area contributed by atoms with Gasteiger partial charge in [-0.15, -0.1) is 0 Å². The van der Waals surface area contributed by atoms with E-state index in [-0.39, 0.29) is 7.43 Å². The number of piperidine rings is 1. The predicted molar refractivity (Wildman–Crippen MR) is 84.4 cm³/mol. The minimum atomic E-state index is 0. The van der Waals surface area contributed by atoms with Crippen molar-refractivity contribution in [3.05, 3.63) is 35.7 Å². The van der Waals surface area contributed by atoms with E-state index in [0.717, 1.165) is 31.4 Å². The van der Waals surface area contributed by atoms with Gasteiger partial charge in [-0.1, -0.05) is 26.0 Å². The summed E-state index contributed by atoms with van der Waals surface area (Å²) in [5.41, 5.74) is 0.662. The summed E-state index contributed by atoms with van der Waals surface area (Å²) >= 11 is 0. The third-order valence-corrected chi connectivity index (χ3v) is 3.76. The van der Waals surface area contributed by atoms with Crippen molar-refractivity contribution in [3.63, 3.8) is 0 Å². The van der Waals surface area contributed by atoms with Crippen LogP contribution in [0, 0.1) is 6.57 Å². The van der Waals surface area contributed by atoms with Crippen LogP contribution in [0.3, 0.4) is 0 Å². The van der Waals surface area contributed by atoms with Crippen LogP contribution in [0.1, 0.15) is 40.0 Å². The lowest BCUT2D eigenvalue weighted by atomic mass is 10.0. The summed E-state index contributed by atoms with van der Waals surface area (Å²) < 4.78 is 5.70. The molecule has 1 aromatic carbocycles. The van der Waals surface area contributed by atoms with Crippen molar-refractivity contribution in [2.24, 2.45) is 0 Å². The summed E-state index contributed by atoms with van der Waals surface area (Å²) in [5, 5.41) is 0. The fraction of sp³-hybridized carbons (Fsp3) is 0.588. The maximum absolute atomic E-state index is 6.89. The molecule has 1 atom stereocenters. The smallest absolute Gasteiger partial charge is 0.187 e. The lowest BCUT2D eigenvalue weighted by Crippen LogP contribution is -2.38. The maximum Gasteiger partial charge on any atom is 0.187 e. The molecule has 3 heteroatoms. The molecule has 1 aliphatic heterocycles. The van der Waals surface area contributed by atoms with E-state index in [1.165, 1.54) is 25.8 Å². The van der Waals surface area contributed by atoms with E-state index in [1.54, 1.807) is 12.1 Å². The molecule has 2 rings (SSSR count). The quantitative estimate of drug-likeness (QED) is 0.580. The van der Waals surface area contributed by atoms with Gasteiger partial charge in [-0.25, -0.2) is 4.85 Å². The number of nitrogens with zero attached hydrogens (tertiary/aromatic N) is 2. The third-order valence-electron chi connectivity index (χ3n) is 3.76. The molecule has 0 N–H and O–H groups in total. The van der Waals surface area contributed by atoms with Gasteiger partial charge in [0.2, 0.25) is 0 Å². The first kappa shape index (κ1) is 16.5. The summed E-state index contributed by atoms with van der Waals surface area (Å²) in [7, 11) is 0. The topological polar surface area (TPSA) is 16.8 Å². The van der Waals surface area contributed by atoms with Gasteiger partial charge in [0.25, 0.3) is 0 Å². The van der Waals surface area contributed by atoms with Gasteiger partial charge in [-0.2, -0.15) is 0 Å². The largest absolute Gasteiger partial charge is 0.494 e. The van der Waals surface area contributed by atoms with Gasteiger partial charge in [0.15, 0.2) is 5.69 Å². The Bertz CT molecular complexity index is 422. The van der Waals surface area contributed by atoms with E-state index in [0.29, 0.717) is 5.69 Å². The molecule has 1 unspecified atom stereocenters. The highest BCUT2D eigenvalue weighted by Crippen LogP contribution is 2.19. The Morgan fingerprint density at radius 1 is 1.30 bits per heavy atom.